The Morgan fingerprint density at radius 3 is 1.33 bits per heavy atom. The largest absolute Gasteiger partial charge is 0.394 e. The number of hydrogen-bond donors (Lipinski definition) is 9. The molecule has 2 saturated heterocycles. The maximum Gasteiger partial charge on any atom is 0.220 e. The number of allylic oxidation sites excluding steroid dienone is 13. The molecule has 0 saturated carbocycles. The molecular weight excluding hydrogens is 991 g/mol. The molecule has 450 valence electrons. The first-order valence-corrected chi connectivity index (χ1v) is 30.8. The lowest BCUT2D eigenvalue weighted by molar-refractivity contribution is -0.359. The summed E-state index contributed by atoms with van der Waals surface area (Å²) >= 11 is 0. The number of amides is 1. The predicted octanol–water partition coefficient (Wildman–Crippen LogP) is 10.9. The van der Waals surface area contributed by atoms with Crippen LogP contribution in [0, 0.1) is 0 Å². The number of carbonyl (C=O) groups excluding carboxylic acids is 1. The number of aliphatic hydroxyl groups excluding tert-OH is 8. The molecule has 2 heterocycles. The van der Waals surface area contributed by atoms with Crippen molar-refractivity contribution in [3.8, 4) is 0 Å². The van der Waals surface area contributed by atoms with E-state index in [1.165, 1.54) is 128 Å². The van der Waals surface area contributed by atoms with Crippen molar-refractivity contribution in [2.75, 3.05) is 19.8 Å². The molecule has 0 spiro atoms. The summed E-state index contributed by atoms with van der Waals surface area (Å²) in [6.07, 6.45) is 49.3. The Labute approximate surface area is 471 Å². The second kappa shape index (κ2) is 48.8. The Hall–Kier alpha value is -2.83. The van der Waals surface area contributed by atoms with Gasteiger partial charge in [-0.15, -0.1) is 0 Å². The molecule has 2 rings (SSSR count). The molecule has 0 radical (unpaired) electrons. The lowest BCUT2D eigenvalue weighted by atomic mass is 9.97. The molecule has 2 aliphatic rings. The molecule has 2 aliphatic heterocycles. The molecule has 0 aromatic heterocycles. The van der Waals surface area contributed by atoms with Crippen LogP contribution in [0.2, 0.25) is 0 Å². The fourth-order valence-corrected chi connectivity index (χ4v) is 9.67. The zero-order valence-corrected chi connectivity index (χ0v) is 48.4. The number of nitrogens with one attached hydrogen (secondary N) is 1. The fraction of sp³-hybridized carbons (Fsp3) is 0.766. The van der Waals surface area contributed by atoms with Gasteiger partial charge in [-0.1, -0.05) is 240 Å². The minimum atomic E-state index is -1.80. The highest BCUT2D eigenvalue weighted by Crippen LogP contribution is 2.30. The van der Waals surface area contributed by atoms with E-state index < -0.39 is 86.8 Å². The third-order valence-electron chi connectivity index (χ3n) is 14.6. The van der Waals surface area contributed by atoms with Crippen molar-refractivity contribution in [1.82, 2.24) is 5.32 Å². The monoisotopic (exact) mass is 1100 g/mol. The van der Waals surface area contributed by atoms with Gasteiger partial charge in [0.2, 0.25) is 5.91 Å². The Balaban J connectivity index is 1.78. The molecule has 9 N–H and O–H groups in total. The number of unbranched alkanes of at least 4 members (excludes halogenated alkanes) is 23. The predicted molar refractivity (Wildman–Crippen MR) is 313 cm³/mol. The maximum atomic E-state index is 13.2. The van der Waals surface area contributed by atoms with E-state index in [4.69, 9.17) is 18.9 Å². The van der Waals surface area contributed by atoms with Gasteiger partial charge in [-0.2, -0.15) is 0 Å². The zero-order valence-electron chi connectivity index (χ0n) is 48.4. The van der Waals surface area contributed by atoms with Crippen molar-refractivity contribution in [2.24, 2.45) is 0 Å². The summed E-state index contributed by atoms with van der Waals surface area (Å²) in [5.41, 5.74) is 0. The highest BCUT2D eigenvalue weighted by Gasteiger charge is 2.51. The highest BCUT2D eigenvalue weighted by atomic mass is 16.7. The maximum absolute atomic E-state index is 13.2. The summed E-state index contributed by atoms with van der Waals surface area (Å²) in [5.74, 6) is -0.322. The molecule has 0 aromatic rings. The zero-order chi connectivity index (χ0) is 56.7. The van der Waals surface area contributed by atoms with E-state index in [1.807, 2.05) is 18.2 Å². The van der Waals surface area contributed by atoms with Gasteiger partial charge in [-0.05, 0) is 57.8 Å². The Morgan fingerprint density at radius 1 is 0.474 bits per heavy atom. The van der Waals surface area contributed by atoms with Gasteiger partial charge in [-0.25, -0.2) is 0 Å². The third-order valence-corrected chi connectivity index (χ3v) is 14.6. The third kappa shape index (κ3) is 33.8. The van der Waals surface area contributed by atoms with Gasteiger partial charge in [0.05, 0.1) is 32.0 Å². The smallest absolute Gasteiger partial charge is 0.220 e. The second-order valence-electron chi connectivity index (χ2n) is 21.5. The van der Waals surface area contributed by atoms with E-state index in [2.05, 4.69) is 79.9 Å². The van der Waals surface area contributed by atoms with Crippen LogP contribution in [0.3, 0.4) is 0 Å². The van der Waals surface area contributed by atoms with Gasteiger partial charge in [0.1, 0.15) is 48.8 Å². The summed E-state index contributed by atoms with van der Waals surface area (Å²) in [7, 11) is 0. The summed E-state index contributed by atoms with van der Waals surface area (Å²) < 4.78 is 22.7. The first-order valence-electron chi connectivity index (χ1n) is 30.8. The Bertz CT molecular complexity index is 1630. The first-order chi connectivity index (χ1) is 38.1. The van der Waals surface area contributed by atoms with Gasteiger partial charge in [-0.3, -0.25) is 4.79 Å². The molecule has 0 bridgehead atoms. The van der Waals surface area contributed by atoms with E-state index in [0.29, 0.717) is 6.42 Å². The Morgan fingerprint density at radius 2 is 0.885 bits per heavy atom. The first kappa shape index (κ1) is 71.3. The highest BCUT2D eigenvalue weighted by molar-refractivity contribution is 5.76. The number of hydrogen-bond acceptors (Lipinski definition) is 13. The van der Waals surface area contributed by atoms with E-state index >= 15 is 0 Å². The van der Waals surface area contributed by atoms with Crippen LogP contribution >= 0.6 is 0 Å². The number of aliphatic hydroxyl groups is 8. The summed E-state index contributed by atoms with van der Waals surface area (Å²) in [6, 6.07) is -0.961. The molecule has 14 heteroatoms. The van der Waals surface area contributed by atoms with E-state index in [9.17, 15) is 45.6 Å². The molecular formula is C64H111NO13. The van der Waals surface area contributed by atoms with Crippen LogP contribution in [0.15, 0.2) is 85.1 Å². The molecule has 12 atom stereocenters. The summed E-state index contributed by atoms with van der Waals surface area (Å²) in [5, 5.41) is 87.1. The summed E-state index contributed by atoms with van der Waals surface area (Å²) in [4.78, 5) is 13.2. The fourth-order valence-electron chi connectivity index (χ4n) is 9.67. The average molecular weight is 1100 g/mol. The van der Waals surface area contributed by atoms with E-state index in [0.717, 1.165) is 64.2 Å². The van der Waals surface area contributed by atoms with Crippen LogP contribution in [-0.4, -0.2) is 140 Å². The van der Waals surface area contributed by atoms with Crippen LogP contribution in [0.25, 0.3) is 0 Å². The molecule has 14 nitrogen and oxygen atoms in total. The lowest BCUT2D eigenvalue weighted by Crippen LogP contribution is -2.65. The van der Waals surface area contributed by atoms with Gasteiger partial charge in [0, 0.05) is 6.42 Å². The molecule has 0 aromatic carbocycles. The van der Waals surface area contributed by atoms with Crippen molar-refractivity contribution in [3.63, 3.8) is 0 Å². The second-order valence-corrected chi connectivity index (χ2v) is 21.5. The van der Waals surface area contributed by atoms with Crippen LogP contribution in [0.5, 0.6) is 0 Å². The van der Waals surface area contributed by atoms with Crippen LogP contribution < -0.4 is 5.32 Å². The van der Waals surface area contributed by atoms with E-state index in [1.54, 1.807) is 6.08 Å². The number of rotatable bonds is 48. The topological polar surface area (TPSA) is 228 Å². The molecule has 78 heavy (non-hydrogen) atoms. The van der Waals surface area contributed by atoms with E-state index in [-0.39, 0.29) is 18.9 Å². The van der Waals surface area contributed by atoms with Crippen molar-refractivity contribution in [2.45, 2.75) is 293 Å². The lowest BCUT2D eigenvalue weighted by Gasteiger charge is -2.46. The van der Waals surface area contributed by atoms with Crippen molar-refractivity contribution in [3.05, 3.63) is 85.1 Å². The van der Waals surface area contributed by atoms with Gasteiger partial charge < -0.3 is 65.1 Å². The molecule has 12 unspecified atom stereocenters. The van der Waals surface area contributed by atoms with Gasteiger partial charge >= 0.3 is 0 Å². The molecule has 0 aliphatic carbocycles. The van der Waals surface area contributed by atoms with Crippen molar-refractivity contribution >= 4 is 5.91 Å². The van der Waals surface area contributed by atoms with Crippen LogP contribution in [0.4, 0.5) is 0 Å². The normalized spacial score (nSPS) is 25.2. The van der Waals surface area contributed by atoms with Gasteiger partial charge in [0.25, 0.3) is 0 Å². The van der Waals surface area contributed by atoms with Crippen molar-refractivity contribution in [1.29, 1.82) is 0 Å². The summed E-state index contributed by atoms with van der Waals surface area (Å²) in [6.45, 7) is 2.64. The molecule has 2 fully saturated rings. The average Bonchev–Trinajstić information content (AvgIpc) is 3.48. The standard InChI is InChI=1S/C64H111NO13/c1-3-5-7-9-11-13-15-17-19-21-23-24-25-26-27-28-30-31-33-35-37-39-41-43-45-47-53(68)52(65-56(69)48-46-44-42-40-38-36-34-32-29-22-20-18-16-14-12-10-8-6-4-2)51-75-63-61(74)59(72)62(55(50-67)77-63)78-64-60(73)58(71)57(70)54(49-66)76-64/h6,8,12,14,18,20,29,32,36,38,42,44-45,47,52-55,57-64,66-68,70-74H,3-5,7,9-11,13,15-17,19,21-28,30-31,33-35,37,39-41,43,46,48-51H2,1-2H3,(H,65,69)/b8-6-,14-12-,20-18-,32-29-,38-36-,44-42-,47-45+. The quantitative estimate of drug-likeness (QED) is 0.0204. The SMILES string of the molecule is CC/C=C\C/C=C\C/C=C\C/C=C\C/C=C\C/C=C\CCC(=O)NC(COC1OC(CO)C(OC2OC(CO)C(O)C(O)C2O)C(O)C1O)C(O)/C=C/CCCCCCCCCCCCCCCCCCCCCCCCC. The van der Waals surface area contributed by atoms with Crippen LogP contribution in [0.1, 0.15) is 219 Å². The number of ether oxygens (including phenoxy) is 4. The molecule has 1 amide bonds. The van der Waals surface area contributed by atoms with Gasteiger partial charge in [0.15, 0.2) is 12.6 Å². The van der Waals surface area contributed by atoms with Crippen LogP contribution in [-0.2, 0) is 23.7 Å². The Kier molecular flexibility index (Phi) is 44.6. The minimum absolute atomic E-state index is 0.152. The number of carbonyl (C=O) groups is 1. The van der Waals surface area contributed by atoms with Crippen molar-refractivity contribution < 1.29 is 64.6 Å². The minimum Gasteiger partial charge on any atom is -0.394 e.